The summed E-state index contributed by atoms with van der Waals surface area (Å²) in [4.78, 5) is 25.3. The molecule has 170 valence electrons. The molecule has 0 unspecified atom stereocenters. The van der Waals surface area contributed by atoms with Gasteiger partial charge in [0, 0.05) is 37.8 Å². The molecule has 0 spiro atoms. The highest BCUT2D eigenvalue weighted by atomic mass is 32.2. The zero-order valence-corrected chi connectivity index (χ0v) is 18.0. The molecule has 2 aromatic carbocycles. The van der Waals surface area contributed by atoms with E-state index in [2.05, 4.69) is 0 Å². The molecule has 2 aliphatic heterocycles. The fourth-order valence-electron chi connectivity index (χ4n) is 3.46. The van der Waals surface area contributed by atoms with E-state index < -0.39 is 15.9 Å². The maximum Gasteiger partial charge on any atom is 0.260 e. The summed E-state index contributed by atoms with van der Waals surface area (Å²) < 4.78 is 43.7. The van der Waals surface area contributed by atoms with Crippen molar-refractivity contribution in [2.45, 2.75) is 4.90 Å². The highest BCUT2D eigenvalue weighted by Crippen LogP contribution is 2.33. The maximum absolute atomic E-state index is 13.0. The Hall–Kier alpha value is -3.31. The van der Waals surface area contributed by atoms with Crippen LogP contribution in [-0.4, -0.2) is 75.4 Å². The Bertz CT molecular complexity index is 1110. The van der Waals surface area contributed by atoms with Crippen LogP contribution in [-0.2, 0) is 14.8 Å². The van der Waals surface area contributed by atoms with Crippen LogP contribution < -0.4 is 19.9 Å². The fourth-order valence-corrected chi connectivity index (χ4v) is 4.90. The van der Waals surface area contributed by atoms with Crippen molar-refractivity contribution < 1.29 is 32.2 Å². The van der Waals surface area contributed by atoms with E-state index in [9.17, 15) is 18.0 Å². The summed E-state index contributed by atoms with van der Waals surface area (Å²) in [6, 6.07) is 10.7. The molecule has 2 N–H and O–H groups in total. The summed E-state index contributed by atoms with van der Waals surface area (Å²) in [7, 11) is -3.72. The maximum atomic E-state index is 13.0. The molecule has 0 saturated carbocycles. The molecule has 10 nitrogen and oxygen atoms in total. The van der Waals surface area contributed by atoms with Crippen LogP contribution in [0.1, 0.15) is 10.4 Å². The first-order valence-corrected chi connectivity index (χ1v) is 11.5. The summed E-state index contributed by atoms with van der Waals surface area (Å²) in [5, 5.41) is 0. The monoisotopic (exact) mass is 461 g/mol. The molecule has 11 heteroatoms. The van der Waals surface area contributed by atoms with Gasteiger partial charge in [-0.2, -0.15) is 4.31 Å². The Balaban J connectivity index is 1.32. The minimum atomic E-state index is -3.72. The second kappa shape index (κ2) is 9.05. The van der Waals surface area contributed by atoms with Crippen molar-refractivity contribution >= 4 is 21.8 Å². The second-order valence-corrected chi connectivity index (χ2v) is 9.21. The number of rotatable bonds is 6. The van der Waals surface area contributed by atoms with Gasteiger partial charge in [0.15, 0.2) is 18.1 Å². The first-order valence-electron chi connectivity index (χ1n) is 10.0. The number of sulfonamides is 1. The van der Waals surface area contributed by atoms with Crippen LogP contribution in [0.4, 0.5) is 0 Å². The van der Waals surface area contributed by atoms with Gasteiger partial charge in [0.25, 0.3) is 5.91 Å². The van der Waals surface area contributed by atoms with Crippen molar-refractivity contribution in [1.82, 2.24) is 9.21 Å². The Morgan fingerprint density at radius 1 is 0.938 bits per heavy atom. The highest BCUT2D eigenvalue weighted by molar-refractivity contribution is 7.89. The number of hydrogen-bond donors (Lipinski definition) is 1. The predicted molar refractivity (Wildman–Crippen MR) is 113 cm³/mol. The molecule has 32 heavy (non-hydrogen) atoms. The number of piperazine rings is 1. The average molecular weight is 461 g/mol. The Morgan fingerprint density at radius 2 is 1.59 bits per heavy atom. The summed E-state index contributed by atoms with van der Waals surface area (Å²) in [5.74, 6) is 0.572. The van der Waals surface area contributed by atoms with Crippen molar-refractivity contribution in [2.75, 3.05) is 46.0 Å². The smallest absolute Gasteiger partial charge is 0.260 e. The Morgan fingerprint density at radius 3 is 2.25 bits per heavy atom. The predicted octanol–water partition coefficient (Wildman–Crippen LogP) is 0.469. The third-order valence-electron chi connectivity index (χ3n) is 5.24. The van der Waals surface area contributed by atoms with Crippen molar-refractivity contribution in [1.29, 1.82) is 0 Å². The molecule has 0 radical (unpaired) electrons. The van der Waals surface area contributed by atoms with Crippen molar-refractivity contribution in [3.8, 4) is 17.2 Å². The first kappa shape index (κ1) is 21.9. The molecule has 2 amide bonds. The van der Waals surface area contributed by atoms with Gasteiger partial charge in [-0.1, -0.05) is 0 Å². The van der Waals surface area contributed by atoms with E-state index in [4.69, 9.17) is 19.9 Å². The van der Waals surface area contributed by atoms with Crippen LogP contribution in [0.2, 0.25) is 0 Å². The van der Waals surface area contributed by atoms with Gasteiger partial charge in [-0.05, 0) is 36.4 Å². The van der Waals surface area contributed by atoms with Gasteiger partial charge in [0.1, 0.15) is 19.0 Å². The third-order valence-corrected chi connectivity index (χ3v) is 7.14. The Labute approximate surface area is 185 Å². The van der Waals surface area contributed by atoms with Gasteiger partial charge < -0.3 is 24.8 Å². The van der Waals surface area contributed by atoms with E-state index >= 15 is 0 Å². The lowest BCUT2D eigenvalue weighted by molar-refractivity contribution is -0.134. The molecule has 2 aliphatic rings. The number of benzene rings is 2. The van der Waals surface area contributed by atoms with Gasteiger partial charge in [-0.25, -0.2) is 8.42 Å². The normalized spacial score (nSPS) is 16.4. The molecule has 2 heterocycles. The van der Waals surface area contributed by atoms with Crippen LogP contribution in [0.15, 0.2) is 47.4 Å². The van der Waals surface area contributed by atoms with E-state index in [0.717, 1.165) is 0 Å². The van der Waals surface area contributed by atoms with Crippen LogP contribution in [0.5, 0.6) is 17.2 Å². The summed E-state index contributed by atoms with van der Waals surface area (Å²) in [6.07, 6.45) is 0. The molecule has 0 aliphatic carbocycles. The van der Waals surface area contributed by atoms with Gasteiger partial charge >= 0.3 is 0 Å². The Kier molecular flexibility index (Phi) is 6.19. The zero-order valence-electron chi connectivity index (χ0n) is 17.2. The topological polar surface area (TPSA) is 128 Å². The molecule has 2 aromatic rings. The molecule has 1 fully saturated rings. The number of fused-ring (bicyclic) bond motifs is 1. The molecular formula is C21H23N3O7S. The minimum absolute atomic E-state index is 0.129. The second-order valence-electron chi connectivity index (χ2n) is 7.27. The number of nitrogens with zero attached hydrogens (tertiary/aromatic N) is 2. The van der Waals surface area contributed by atoms with Crippen molar-refractivity contribution in [3.63, 3.8) is 0 Å². The zero-order chi connectivity index (χ0) is 22.7. The molecule has 0 bridgehead atoms. The van der Waals surface area contributed by atoms with Crippen LogP contribution in [0.3, 0.4) is 0 Å². The van der Waals surface area contributed by atoms with E-state index in [1.54, 1.807) is 23.1 Å². The van der Waals surface area contributed by atoms with Crippen molar-refractivity contribution in [3.05, 3.63) is 48.0 Å². The van der Waals surface area contributed by atoms with Crippen LogP contribution >= 0.6 is 0 Å². The highest BCUT2D eigenvalue weighted by Gasteiger charge is 2.31. The average Bonchev–Trinajstić information content (AvgIpc) is 2.82. The number of amides is 2. The molecule has 4 rings (SSSR count). The van der Waals surface area contributed by atoms with Gasteiger partial charge in [-0.15, -0.1) is 0 Å². The third kappa shape index (κ3) is 4.63. The quantitative estimate of drug-likeness (QED) is 0.662. The number of nitrogens with two attached hydrogens (primary N) is 1. The number of hydrogen-bond acceptors (Lipinski definition) is 7. The number of primary amides is 1. The molecular weight excluding hydrogens is 438 g/mol. The van der Waals surface area contributed by atoms with Crippen LogP contribution in [0.25, 0.3) is 0 Å². The fraction of sp³-hybridized carbons (Fsp3) is 0.333. The lowest BCUT2D eigenvalue weighted by atomic mass is 10.2. The molecule has 0 atom stereocenters. The first-order chi connectivity index (χ1) is 15.3. The molecule has 0 aromatic heterocycles. The number of carbonyl (C=O) groups is 2. The van der Waals surface area contributed by atoms with E-state index in [1.807, 2.05) is 0 Å². The van der Waals surface area contributed by atoms with E-state index in [1.165, 1.54) is 28.6 Å². The summed E-state index contributed by atoms with van der Waals surface area (Å²) in [5.41, 5.74) is 5.54. The van der Waals surface area contributed by atoms with Gasteiger partial charge in [0.05, 0.1) is 4.90 Å². The standard InChI is InChI=1S/C21H23N3O7S/c22-21(26)15-1-3-16(4-2-15)31-14-20(25)23-7-9-24(10-8-23)32(27,28)17-5-6-18-19(13-17)30-12-11-29-18/h1-6,13H,7-12,14H2,(H2,22,26). The van der Waals surface area contributed by atoms with E-state index in [-0.39, 0.29) is 43.6 Å². The number of carbonyl (C=O) groups excluding carboxylic acids is 2. The molecule has 1 saturated heterocycles. The minimum Gasteiger partial charge on any atom is -0.486 e. The van der Waals surface area contributed by atoms with E-state index in [0.29, 0.717) is 36.0 Å². The SMILES string of the molecule is NC(=O)c1ccc(OCC(=O)N2CCN(S(=O)(=O)c3ccc4c(c3)OCCO4)CC2)cc1. The van der Waals surface area contributed by atoms with Crippen LogP contribution in [0, 0.1) is 0 Å². The lowest BCUT2D eigenvalue weighted by Crippen LogP contribution is -2.51. The number of ether oxygens (including phenoxy) is 3. The van der Waals surface area contributed by atoms with Crippen molar-refractivity contribution in [2.24, 2.45) is 5.73 Å². The van der Waals surface area contributed by atoms with Gasteiger partial charge in [-0.3, -0.25) is 9.59 Å². The largest absolute Gasteiger partial charge is 0.486 e. The summed E-state index contributed by atoms with van der Waals surface area (Å²) in [6.45, 7) is 1.47. The summed E-state index contributed by atoms with van der Waals surface area (Å²) >= 11 is 0. The van der Waals surface area contributed by atoms with Gasteiger partial charge in [0.2, 0.25) is 15.9 Å². The lowest BCUT2D eigenvalue weighted by Gasteiger charge is -2.34.